The van der Waals surface area contributed by atoms with E-state index in [0.29, 0.717) is 31.4 Å². The highest BCUT2D eigenvalue weighted by molar-refractivity contribution is 5.74. The number of carbonyl (C=O) groups excluding carboxylic acids is 1. The van der Waals surface area contributed by atoms with E-state index in [4.69, 9.17) is 9.26 Å². The zero-order valence-corrected chi connectivity index (χ0v) is 17.4. The molecule has 154 valence electrons. The summed E-state index contributed by atoms with van der Waals surface area (Å²) >= 11 is 0. The minimum absolute atomic E-state index is 0.0672. The van der Waals surface area contributed by atoms with Gasteiger partial charge in [0.25, 0.3) is 0 Å². The number of piperidine rings is 1. The lowest BCUT2D eigenvalue weighted by Crippen LogP contribution is -2.44. The number of nitrogens with one attached hydrogen (secondary N) is 1. The van der Waals surface area contributed by atoms with E-state index < -0.39 is 0 Å². The quantitative estimate of drug-likeness (QED) is 0.814. The second-order valence-electron chi connectivity index (χ2n) is 7.48. The van der Waals surface area contributed by atoms with E-state index in [9.17, 15) is 4.79 Å². The first-order valence-corrected chi connectivity index (χ1v) is 9.89. The highest BCUT2D eigenvalue weighted by Crippen LogP contribution is 2.27. The van der Waals surface area contributed by atoms with Gasteiger partial charge in [-0.15, -0.1) is 0 Å². The zero-order chi connectivity index (χ0) is 20.3. The van der Waals surface area contributed by atoms with Crippen LogP contribution < -0.4 is 10.1 Å². The van der Waals surface area contributed by atoms with Crippen molar-refractivity contribution in [2.45, 2.75) is 58.4 Å². The molecule has 1 aliphatic rings. The largest absolute Gasteiger partial charge is 0.481 e. The number of nitrogens with zero attached hydrogens (tertiary/aromatic N) is 5. The van der Waals surface area contributed by atoms with Crippen molar-refractivity contribution < 1.29 is 14.1 Å². The third kappa shape index (κ3) is 4.13. The van der Waals surface area contributed by atoms with Crippen molar-refractivity contribution in [1.82, 2.24) is 30.1 Å². The number of likely N-dealkylation sites (tertiary alicyclic amines) is 1. The predicted molar refractivity (Wildman–Crippen MR) is 103 cm³/mol. The molecule has 2 aromatic heterocycles. The van der Waals surface area contributed by atoms with Gasteiger partial charge < -0.3 is 19.5 Å². The van der Waals surface area contributed by atoms with Gasteiger partial charge in [-0.3, -0.25) is 0 Å². The summed E-state index contributed by atoms with van der Waals surface area (Å²) in [6, 6.07) is -0.0672. The second kappa shape index (κ2) is 8.62. The monoisotopic (exact) mass is 390 g/mol. The SMILES string of the molecule is CCc1nn(C)c(OC)c1CNC(=O)N1CCC(c2noc(C(C)C)n2)CC1. The molecule has 1 aliphatic heterocycles. The fourth-order valence-electron chi connectivity index (χ4n) is 3.59. The molecular formula is C19H30N6O3. The molecule has 3 rings (SSSR count). The highest BCUT2D eigenvalue weighted by atomic mass is 16.5. The third-order valence-electron chi connectivity index (χ3n) is 5.21. The Bertz CT molecular complexity index is 805. The standard InChI is InChI=1S/C19H30N6O3/c1-6-15-14(18(27-5)24(4)22-15)11-20-19(26)25-9-7-13(8-10-25)16-21-17(12(2)3)28-23-16/h12-13H,6-11H2,1-5H3,(H,20,26). The van der Waals surface area contributed by atoms with Crippen LogP contribution in [-0.2, 0) is 20.0 Å². The Balaban J connectivity index is 1.54. The van der Waals surface area contributed by atoms with Gasteiger partial charge in [0.15, 0.2) is 5.82 Å². The predicted octanol–water partition coefficient (Wildman–Crippen LogP) is 2.59. The Morgan fingerprint density at radius 2 is 2.07 bits per heavy atom. The van der Waals surface area contributed by atoms with Crippen LogP contribution in [0.5, 0.6) is 5.88 Å². The minimum Gasteiger partial charge on any atom is -0.481 e. The lowest BCUT2D eigenvalue weighted by molar-refractivity contribution is 0.179. The minimum atomic E-state index is -0.0672. The third-order valence-corrected chi connectivity index (χ3v) is 5.21. The maximum atomic E-state index is 12.6. The van der Waals surface area contributed by atoms with E-state index in [1.807, 2.05) is 32.7 Å². The Morgan fingerprint density at radius 3 is 2.64 bits per heavy atom. The van der Waals surface area contributed by atoms with E-state index in [2.05, 4.69) is 20.6 Å². The van der Waals surface area contributed by atoms with Crippen molar-refractivity contribution >= 4 is 6.03 Å². The van der Waals surface area contributed by atoms with Gasteiger partial charge in [-0.2, -0.15) is 10.1 Å². The maximum Gasteiger partial charge on any atom is 0.317 e. The van der Waals surface area contributed by atoms with Crippen molar-refractivity contribution in [2.75, 3.05) is 20.2 Å². The molecule has 1 fully saturated rings. The molecule has 9 heteroatoms. The summed E-state index contributed by atoms with van der Waals surface area (Å²) in [5, 5.41) is 11.6. The second-order valence-corrected chi connectivity index (χ2v) is 7.48. The molecule has 0 radical (unpaired) electrons. The Kier molecular flexibility index (Phi) is 6.21. The van der Waals surface area contributed by atoms with Crippen molar-refractivity contribution in [3.63, 3.8) is 0 Å². The maximum absolute atomic E-state index is 12.6. The van der Waals surface area contributed by atoms with Crippen molar-refractivity contribution in [1.29, 1.82) is 0 Å². The van der Waals surface area contributed by atoms with E-state index in [1.165, 1.54) is 0 Å². The molecule has 0 bridgehead atoms. The van der Waals surface area contributed by atoms with Gasteiger partial charge in [0.05, 0.1) is 24.9 Å². The fourth-order valence-corrected chi connectivity index (χ4v) is 3.59. The van der Waals surface area contributed by atoms with Crippen LogP contribution in [0.15, 0.2) is 4.52 Å². The zero-order valence-electron chi connectivity index (χ0n) is 17.4. The molecule has 2 amide bonds. The van der Waals surface area contributed by atoms with Crippen molar-refractivity contribution in [3.8, 4) is 5.88 Å². The van der Waals surface area contributed by atoms with Gasteiger partial charge in [0.1, 0.15) is 0 Å². The average molecular weight is 390 g/mol. The van der Waals surface area contributed by atoms with Crippen LogP contribution >= 0.6 is 0 Å². The van der Waals surface area contributed by atoms with Crippen LogP contribution in [0.2, 0.25) is 0 Å². The normalized spacial score (nSPS) is 15.3. The molecule has 0 atom stereocenters. The van der Waals surface area contributed by atoms with Gasteiger partial charge >= 0.3 is 6.03 Å². The lowest BCUT2D eigenvalue weighted by Gasteiger charge is -2.30. The van der Waals surface area contributed by atoms with E-state index in [0.717, 1.165) is 36.3 Å². The lowest BCUT2D eigenvalue weighted by atomic mass is 9.96. The van der Waals surface area contributed by atoms with Gasteiger partial charge in [-0.1, -0.05) is 25.9 Å². The van der Waals surface area contributed by atoms with E-state index >= 15 is 0 Å². The molecule has 1 saturated heterocycles. The number of methoxy groups -OCH3 is 1. The Labute approximate surface area is 165 Å². The van der Waals surface area contributed by atoms with Crippen LogP contribution in [0.25, 0.3) is 0 Å². The first-order valence-electron chi connectivity index (χ1n) is 9.89. The molecule has 0 saturated carbocycles. The van der Waals surface area contributed by atoms with E-state index in [-0.39, 0.29) is 17.9 Å². The molecule has 0 unspecified atom stereocenters. The summed E-state index contributed by atoms with van der Waals surface area (Å²) in [5.41, 5.74) is 1.88. The summed E-state index contributed by atoms with van der Waals surface area (Å²) in [5.74, 6) is 2.59. The molecular weight excluding hydrogens is 360 g/mol. The van der Waals surface area contributed by atoms with Crippen LogP contribution in [0.3, 0.4) is 0 Å². The molecule has 28 heavy (non-hydrogen) atoms. The van der Waals surface area contributed by atoms with Crippen molar-refractivity contribution in [3.05, 3.63) is 23.0 Å². The number of hydrogen-bond acceptors (Lipinski definition) is 6. The number of carbonyl (C=O) groups is 1. The molecule has 0 aliphatic carbocycles. The smallest absolute Gasteiger partial charge is 0.317 e. The summed E-state index contributed by atoms with van der Waals surface area (Å²) in [6.07, 6.45) is 2.46. The van der Waals surface area contributed by atoms with Crippen LogP contribution in [0.1, 0.15) is 68.4 Å². The fraction of sp³-hybridized carbons (Fsp3) is 0.684. The van der Waals surface area contributed by atoms with Crippen LogP contribution in [0.4, 0.5) is 4.79 Å². The first kappa shape index (κ1) is 20.2. The van der Waals surface area contributed by atoms with E-state index in [1.54, 1.807) is 11.8 Å². The number of ether oxygens (including phenoxy) is 1. The highest BCUT2D eigenvalue weighted by Gasteiger charge is 2.27. The molecule has 1 N–H and O–H groups in total. The van der Waals surface area contributed by atoms with Crippen LogP contribution in [0, 0.1) is 0 Å². The van der Waals surface area contributed by atoms with Gasteiger partial charge in [0.2, 0.25) is 11.8 Å². The number of hydrogen-bond donors (Lipinski definition) is 1. The molecule has 0 spiro atoms. The number of aromatic nitrogens is 4. The van der Waals surface area contributed by atoms with Gasteiger partial charge in [-0.05, 0) is 19.3 Å². The number of aryl methyl sites for hydroxylation is 2. The van der Waals surface area contributed by atoms with Gasteiger partial charge in [-0.25, -0.2) is 9.48 Å². The van der Waals surface area contributed by atoms with Crippen molar-refractivity contribution in [2.24, 2.45) is 7.05 Å². The summed E-state index contributed by atoms with van der Waals surface area (Å²) in [7, 11) is 3.46. The number of rotatable bonds is 6. The summed E-state index contributed by atoms with van der Waals surface area (Å²) < 4.78 is 12.5. The Morgan fingerprint density at radius 1 is 1.36 bits per heavy atom. The summed E-state index contributed by atoms with van der Waals surface area (Å²) in [6.45, 7) is 7.86. The molecule has 3 heterocycles. The average Bonchev–Trinajstić information content (AvgIpc) is 3.30. The molecule has 9 nitrogen and oxygen atoms in total. The number of urea groups is 1. The molecule has 0 aromatic carbocycles. The molecule has 2 aromatic rings. The first-order chi connectivity index (χ1) is 13.4. The van der Waals surface area contributed by atoms with Crippen LogP contribution in [-0.4, -0.2) is 51.1 Å². The topological polar surface area (TPSA) is 98.3 Å². The summed E-state index contributed by atoms with van der Waals surface area (Å²) in [4.78, 5) is 19.0. The number of amides is 2. The Hall–Kier alpha value is -2.58. The van der Waals surface area contributed by atoms with Gasteiger partial charge in [0, 0.05) is 32.0 Å².